The van der Waals surface area contributed by atoms with Crippen molar-refractivity contribution >= 4 is 5.91 Å². The predicted molar refractivity (Wildman–Crippen MR) is 36.0 cm³/mol. The maximum Gasteiger partial charge on any atom is 0.217 e. The molecule has 0 heterocycles. The van der Waals surface area contributed by atoms with Crippen LogP contribution in [0, 0.1) is 5.92 Å². The first kappa shape index (κ1) is 6.59. The summed E-state index contributed by atoms with van der Waals surface area (Å²) in [6.45, 7) is 3.78. The van der Waals surface area contributed by atoms with Gasteiger partial charge in [-0.05, 0) is 18.8 Å². The molecule has 0 atom stereocenters. The minimum Gasteiger partial charge on any atom is -0.354 e. The number of carbonyl (C=O) groups is 1. The quantitative estimate of drug-likeness (QED) is 0.557. The summed E-state index contributed by atoms with van der Waals surface area (Å²) in [6.07, 6.45) is 2.33. The molecule has 1 rings (SSSR count). The zero-order valence-corrected chi connectivity index (χ0v) is 5.98. The first-order chi connectivity index (χ1) is 4.18. The second-order valence-electron chi connectivity index (χ2n) is 2.97. The maximum absolute atomic E-state index is 10.4. The fourth-order valence-electron chi connectivity index (χ4n) is 1.31. The van der Waals surface area contributed by atoms with Crippen molar-refractivity contribution in [1.82, 2.24) is 5.32 Å². The SMILES string of the molecule is CC(=O)NC1CC(C)C1. The van der Waals surface area contributed by atoms with Gasteiger partial charge in [0, 0.05) is 13.0 Å². The van der Waals surface area contributed by atoms with Crippen LogP contribution in [0.25, 0.3) is 0 Å². The van der Waals surface area contributed by atoms with Gasteiger partial charge in [-0.3, -0.25) is 4.79 Å². The minimum atomic E-state index is 0.104. The lowest BCUT2D eigenvalue weighted by Crippen LogP contribution is -2.42. The van der Waals surface area contributed by atoms with Gasteiger partial charge in [0.2, 0.25) is 5.91 Å². The zero-order valence-electron chi connectivity index (χ0n) is 5.98. The van der Waals surface area contributed by atoms with Crippen molar-refractivity contribution in [2.24, 2.45) is 5.92 Å². The number of hydrogen-bond acceptors (Lipinski definition) is 1. The van der Waals surface area contributed by atoms with Crippen LogP contribution in [0.5, 0.6) is 0 Å². The van der Waals surface area contributed by atoms with E-state index in [1.165, 1.54) is 12.8 Å². The van der Waals surface area contributed by atoms with Crippen LogP contribution in [-0.2, 0) is 4.79 Å². The zero-order chi connectivity index (χ0) is 6.85. The summed E-state index contributed by atoms with van der Waals surface area (Å²) in [5.74, 6) is 0.925. The molecular weight excluding hydrogens is 114 g/mol. The van der Waals surface area contributed by atoms with Gasteiger partial charge in [0.05, 0.1) is 0 Å². The van der Waals surface area contributed by atoms with E-state index >= 15 is 0 Å². The Kier molecular flexibility index (Phi) is 1.74. The van der Waals surface area contributed by atoms with E-state index in [1.54, 1.807) is 6.92 Å². The van der Waals surface area contributed by atoms with Crippen LogP contribution in [0.1, 0.15) is 26.7 Å². The van der Waals surface area contributed by atoms with Crippen molar-refractivity contribution < 1.29 is 4.79 Å². The summed E-state index contributed by atoms with van der Waals surface area (Å²) in [5, 5.41) is 2.87. The summed E-state index contributed by atoms with van der Waals surface area (Å²) in [6, 6.07) is 0.484. The third kappa shape index (κ3) is 1.70. The van der Waals surface area contributed by atoms with E-state index in [4.69, 9.17) is 0 Å². The summed E-state index contributed by atoms with van der Waals surface area (Å²) in [4.78, 5) is 10.4. The molecule has 1 amide bonds. The Balaban J connectivity index is 2.11. The molecule has 0 aliphatic heterocycles. The molecule has 0 unspecified atom stereocenters. The lowest BCUT2D eigenvalue weighted by molar-refractivity contribution is -0.120. The van der Waals surface area contributed by atoms with Gasteiger partial charge in [0.1, 0.15) is 0 Å². The molecule has 0 saturated heterocycles. The van der Waals surface area contributed by atoms with Gasteiger partial charge in [0.25, 0.3) is 0 Å². The van der Waals surface area contributed by atoms with Crippen molar-refractivity contribution in [3.8, 4) is 0 Å². The third-order valence-corrected chi connectivity index (χ3v) is 1.78. The summed E-state index contributed by atoms with van der Waals surface area (Å²) >= 11 is 0. The highest BCUT2D eigenvalue weighted by Crippen LogP contribution is 2.25. The molecule has 2 nitrogen and oxygen atoms in total. The van der Waals surface area contributed by atoms with Crippen LogP contribution < -0.4 is 5.32 Å². The van der Waals surface area contributed by atoms with Crippen molar-refractivity contribution in [2.45, 2.75) is 32.7 Å². The molecule has 1 fully saturated rings. The maximum atomic E-state index is 10.4. The molecule has 1 aliphatic rings. The van der Waals surface area contributed by atoms with Crippen molar-refractivity contribution in [1.29, 1.82) is 0 Å². The molecule has 0 aromatic heterocycles. The summed E-state index contributed by atoms with van der Waals surface area (Å²) < 4.78 is 0. The van der Waals surface area contributed by atoms with E-state index in [1.807, 2.05) is 0 Å². The highest BCUT2D eigenvalue weighted by Gasteiger charge is 2.25. The largest absolute Gasteiger partial charge is 0.354 e. The predicted octanol–water partition coefficient (Wildman–Crippen LogP) is 0.921. The molecule has 0 spiro atoms. The van der Waals surface area contributed by atoms with Crippen LogP contribution in [0.15, 0.2) is 0 Å². The molecule has 0 bridgehead atoms. The van der Waals surface area contributed by atoms with Gasteiger partial charge < -0.3 is 5.32 Å². The van der Waals surface area contributed by atoms with Crippen LogP contribution in [0.4, 0.5) is 0 Å². The first-order valence-corrected chi connectivity index (χ1v) is 3.45. The van der Waals surface area contributed by atoms with Gasteiger partial charge in [-0.1, -0.05) is 6.92 Å². The van der Waals surface area contributed by atoms with Crippen LogP contribution >= 0.6 is 0 Å². The molecule has 0 radical (unpaired) electrons. The summed E-state index contributed by atoms with van der Waals surface area (Å²) in [5.41, 5.74) is 0. The first-order valence-electron chi connectivity index (χ1n) is 3.45. The van der Waals surface area contributed by atoms with Crippen molar-refractivity contribution in [3.05, 3.63) is 0 Å². The molecular formula is C7H13NO. The van der Waals surface area contributed by atoms with E-state index < -0.39 is 0 Å². The number of nitrogens with one attached hydrogen (secondary N) is 1. The number of rotatable bonds is 1. The number of hydrogen-bond donors (Lipinski definition) is 1. The van der Waals surface area contributed by atoms with Gasteiger partial charge >= 0.3 is 0 Å². The Morgan fingerprint density at radius 3 is 2.44 bits per heavy atom. The normalized spacial score (nSPS) is 33.1. The highest BCUT2D eigenvalue weighted by atomic mass is 16.1. The minimum absolute atomic E-state index is 0.104. The van der Waals surface area contributed by atoms with Gasteiger partial charge in [-0.15, -0.1) is 0 Å². The number of carbonyl (C=O) groups excluding carboxylic acids is 1. The molecule has 0 aromatic rings. The van der Waals surface area contributed by atoms with Gasteiger partial charge in [-0.25, -0.2) is 0 Å². The van der Waals surface area contributed by atoms with Crippen LogP contribution in [-0.4, -0.2) is 11.9 Å². The van der Waals surface area contributed by atoms with Crippen LogP contribution in [0.3, 0.4) is 0 Å². The Morgan fingerprint density at radius 2 is 2.11 bits per heavy atom. The van der Waals surface area contributed by atoms with Gasteiger partial charge in [-0.2, -0.15) is 0 Å². The molecule has 9 heavy (non-hydrogen) atoms. The second-order valence-corrected chi connectivity index (χ2v) is 2.97. The lowest BCUT2D eigenvalue weighted by atomic mass is 9.82. The Labute approximate surface area is 55.6 Å². The molecule has 1 N–H and O–H groups in total. The third-order valence-electron chi connectivity index (χ3n) is 1.78. The standard InChI is InChI=1S/C7H13NO/c1-5-3-7(4-5)8-6(2)9/h5,7H,3-4H2,1-2H3,(H,8,9). The molecule has 1 aliphatic carbocycles. The van der Waals surface area contributed by atoms with E-state index in [-0.39, 0.29) is 5.91 Å². The second kappa shape index (κ2) is 2.38. The van der Waals surface area contributed by atoms with E-state index in [0.717, 1.165) is 5.92 Å². The van der Waals surface area contributed by atoms with E-state index in [9.17, 15) is 4.79 Å². The Hall–Kier alpha value is -0.530. The van der Waals surface area contributed by atoms with Crippen LogP contribution in [0.2, 0.25) is 0 Å². The van der Waals surface area contributed by atoms with E-state index in [2.05, 4.69) is 12.2 Å². The monoisotopic (exact) mass is 127 g/mol. The fourth-order valence-corrected chi connectivity index (χ4v) is 1.31. The number of amides is 1. The molecule has 1 saturated carbocycles. The lowest BCUT2D eigenvalue weighted by Gasteiger charge is -2.32. The average molecular weight is 127 g/mol. The smallest absolute Gasteiger partial charge is 0.217 e. The van der Waals surface area contributed by atoms with E-state index in [0.29, 0.717) is 6.04 Å². The Morgan fingerprint density at radius 1 is 1.56 bits per heavy atom. The van der Waals surface area contributed by atoms with Crippen molar-refractivity contribution in [3.63, 3.8) is 0 Å². The highest BCUT2D eigenvalue weighted by molar-refractivity contribution is 5.73. The van der Waals surface area contributed by atoms with Gasteiger partial charge in [0.15, 0.2) is 0 Å². The molecule has 52 valence electrons. The fraction of sp³-hybridized carbons (Fsp3) is 0.857. The molecule has 2 heteroatoms. The van der Waals surface area contributed by atoms with Crippen molar-refractivity contribution in [2.75, 3.05) is 0 Å². The topological polar surface area (TPSA) is 29.1 Å². The molecule has 0 aromatic carbocycles. The summed E-state index contributed by atoms with van der Waals surface area (Å²) in [7, 11) is 0. The Bertz CT molecular complexity index is 116. The average Bonchev–Trinajstić information content (AvgIpc) is 1.60.